The molecule has 0 aliphatic carbocycles. The number of nitrogens with zero attached hydrogens (tertiary/aromatic N) is 1. The number of anilines is 1. The van der Waals surface area contributed by atoms with Crippen LogP contribution in [0.3, 0.4) is 0 Å². The van der Waals surface area contributed by atoms with Crippen LogP contribution in [0.15, 0.2) is 23.2 Å². The Morgan fingerprint density at radius 1 is 1.50 bits per heavy atom. The van der Waals surface area contributed by atoms with Crippen LogP contribution in [0.5, 0.6) is 0 Å². The van der Waals surface area contributed by atoms with E-state index >= 15 is 0 Å². The maximum Gasteiger partial charge on any atom is 0.185 e. The molecule has 0 amide bonds. The largest absolute Gasteiger partial charge is 0.380 e. The lowest BCUT2D eigenvalue weighted by molar-refractivity contribution is 0.639. The van der Waals surface area contributed by atoms with Gasteiger partial charge in [-0.05, 0) is 37.0 Å². The van der Waals surface area contributed by atoms with E-state index in [0.29, 0.717) is 12.6 Å². The van der Waals surface area contributed by atoms with E-state index in [1.807, 2.05) is 0 Å². The molecule has 1 aromatic carbocycles. The smallest absolute Gasteiger partial charge is 0.185 e. The summed E-state index contributed by atoms with van der Waals surface area (Å²) in [7, 11) is 0. The summed E-state index contributed by atoms with van der Waals surface area (Å²) in [6, 6.07) is 6.86. The number of nitrogens with one attached hydrogen (secondary N) is 1. The van der Waals surface area contributed by atoms with Gasteiger partial charge in [-0.25, -0.2) is 0 Å². The summed E-state index contributed by atoms with van der Waals surface area (Å²) < 4.78 is 0. The van der Waals surface area contributed by atoms with Crippen LogP contribution in [-0.4, -0.2) is 18.5 Å². The number of nitrogens with two attached hydrogens (primary N) is 2. The first-order valence-corrected chi connectivity index (χ1v) is 5.56. The van der Waals surface area contributed by atoms with Crippen LogP contribution in [0, 0.1) is 6.92 Å². The van der Waals surface area contributed by atoms with Gasteiger partial charge in [-0.15, -0.1) is 0 Å². The third kappa shape index (κ3) is 2.45. The highest BCUT2D eigenvalue weighted by Crippen LogP contribution is 2.25. The van der Waals surface area contributed by atoms with E-state index in [0.717, 1.165) is 12.8 Å². The quantitative estimate of drug-likeness (QED) is 0.512. The standard InChI is InChI=1S/C12H18N4/c1-8-2-3-9-4-5-10(7-15-12(13)14)16-11(9)6-8/h2-3,6,10,16H,4-5,7H2,1H3,(H4,13,14,15)/t10-/m1/s1. The predicted octanol–water partition coefficient (Wildman–Crippen LogP) is 0.995. The fourth-order valence-corrected chi connectivity index (χ4v) is 2.02. The molecule has 0 saturated heterocycles. The van der Waals surface area contributed by atoms with Crippen LogP contribution in [0.1, 0.15) is 17.5 Å². The Morgan fingerprint density at radius 2 is 2.31 bits per heavy atom. The number of fused-ring (bicyclic) bond motifs is 1. The van der Waals surface area contributed by atoms with E-state index in [9.17, 15) is 0 Å². The van der Waals surface area contributed by atoms with Gasteiger partial charge in [0, 0.05) is 11.7 Å². The molecule has 0 spiro atoms. The molecule has 5 N–H and O–H groups in total. The fraction of sp³-hybridized carbons (Fsp3) is 0.417. The van der Waals surface area contributed by atoms with Gasteiger partial charge in [0.15, 0.2) is 5.96 Å². The molecule has 0 unspecified atom stereocenters. The number of guanidine groups is 1. The molecule has 2 rings (SSSR count). The molecule has 16 heavy (non-hydrogen) atoms. The maximum atomic E-state index is 5.33. The molecule has 86 valence electrons. The van der Waals surface area contributed by atoms with Gasteiger partial charge >= 0.3 is 0 Å². The van der Waals surface area contributed by atoms with Gasteiger partial charge in [-0.1, -0.05) is 12.1 Å². The number of hydrogen-bond donors (Lipinski definition) is 3. The minimum absolute atomic E-state index is 0.164. The minimum Gasteiger partial charge on any atom is -0.380 e. The Kier molecular flexibility index (Phi) is 2.99. The van der Waals surface area contributed by atoms with Crippen molar-refractivity contribution in [2.24, 2.45) is 16.5 Å². The van der Waals surface area contributed by atoms with Crippen molar-refractivity contribution in [3.8, 4) is 0 Å². The minimum atomic E-state index is 0.164. The lowest BCUT2D eigenvalue weighted by atomic mass is 9.97. The summed E-state index contributed by atoms with van der Waals surface area (Å²) in [6.07, 6.45) is 2.17. The highest BCUT2D eigenvalue weighted by atomic mass is 15.0. The Morgan fingerprint density at radius 3 is 3.06 bits per heavy atom. The number of aryl methyl sites for hydroxylation is 2. The van der Waals surface area contributed by atoms with E-state index in [-0.39, 0.29) is 5.96 Å². The van der Waals surface area contributed by atoms with E-state index in [2.05, 4.69) is 35.4 Å². The molecular weight excluding hydrogens is 200 g/mol. The summed E-state index contributed by atoms with van der Waals surface area (Å²) >= 11 is 0. The van der Waals surface area contributed by atoms with Crippen molar-refractivity contribution in [1.29, 1.82) is 0 Å². The molecule has 0 radical (unpaired) electrons. The summed E-state index contributed by atoms with van der Waals surface area (Å²) in [5, 5.41) is 3.47. The van der Waals surface area contributed by atoms with E-state index in [1.54, 1.807) is 0 Å². The molecule has 1 aliphatic rings. The van der Waals surface area contributed by atoms with Crippen molar-refractivity contribution in [1.82, 2.24) is 0 Å². The molecule has 0 bridgehead atoms. The van der Waals surface area contributed by atoms with Gasteiger partial charge in [0.2, 0.25) is 0 Å². The Balaban J connectivity index is 2.08. The normalized spacial score (nSPS) is 18.4. The zero-order chi connectivity index (χ0) is 11.5. The lowest BCUT2D eigenvalue weighted by Crippen LogP contribution is -2.31. The lowest BCUT2D eigenvalue weighted by Gasteiger charge is -2.26. The van der Waals surface area contributed by atoms with Crippen LogP contribution < -0.4 is 16.8 Å². The van der Waals surface area contributed by atoms with E-state index in [1.165, 1.54) is 16.8 Å². The predicted molar refractivity (Wildman–Crippen MR) is 67.6 cm³/mol. The number of aliphatic imine (C=N–C) groups is 1. The van der Waals surface area contributed by atoms with Crippen molar-refractivity contribution in [3.63, 3.8) is 0 Å². The first-order valence-electron chi connectivity index (χ1n) is 5.56. The molecule has 0 aromatic heterocycles. The van der Waals surface area contributed by atoms with Gasteiger partial charge in [-0.2, -0.15) is 0 Å². The highest BCUT2D eigenvalue weighted by molar-refractivity contribution is 5.75. The molecule has 1 heterocycles. The molecular formula is C12H18N4. The van der Waals surface area contributed by atoms with E-state index in [4.69, 9.17) is 11.5 Å². The number of hydrogen-bond acceptors (Lipinski definition) is 2. The highest BCUT2D eigenvalue weighted by Gasteiger charge is 2.16. The topological polar surface area (TPSA) is 76.4 Å². The second-order valence-corrected chi connectivity index (χ2v) is 4.31. The zero-order valence-electron chi connectivity index (χ0n) is 9.53. The van der Waals surface area contributed by atoms with Crippen molar-refractivity contribution < 1.29 is 0 Å². The molecule has 0 fully saturated rings. The van der Waals surface area contributed by atoms with Crippen LogP contribution in [0.4, 0.5) is 5.69 Å². The molecule has 1 aromatic rings. The van der Waals surface area contributed by atoms with Gasteiger partial charge in [0.05, 0.1) is 6.54 Å². The summed E-state index contributed by atoms with van der Waals surface area (Å²) in [6.45, 7) is 2.75. The van der Waals surface area contributed by atoms with Crippen molar-refractivity contribution >= 4 is 11.6 Å². The van der Waals surface area contributed by atoms with Crippen LogP contribution >= 0.6 is 0 Å². The average Bonchev–Trinajstić information content (AvgIpc) is 2.25. The fourth-order valence-electron chi connectivity index (χ4n) is 2.02. The zero-order valence-corrected chi connectivity index (χ0v) is 9.53. The monoisotopic (exact) mass is 218 g/mol. The second-order valence-electron chi connectivity index (χ2n) is 4.31. The SMILES string of the molecule is Cc1ccc2c(c1)N[C@@H](CN=C(N)N)CC2. The Bertz CT molecular complexity index is 407. The third-order valence-electron chi connectivity index (χ3n) is 2.88. The summed E-state index contributed by atoms with van der Waals surface area (Å²) in [5.74, 6) is 0.164. The van der Waals surface area contributed by atoms with Gasteiger partial charge < -0.3 is 16.8 Å². The van der Waals surface area contributed by atoms with Crippen molar-refractivity contribution in [3.05, 3.63) is 29.3 Å². The van der Waals surface area contributed by atoms with Crippen molar-refractivity contribution in [2.75, 3.05) is 11.9 Å². The van der Waals surface area contributed by atoms with Crippen LogP contribution in [0.2, 0.25) is 0 Å². The van der Waals surface area contributed by atoms with Crippen LogP contribution in [-0.2, 0) is 6.42 Å². The maximum absolute atomic E-state index is 5.33. The Hall–Kier alpha value is -1.71. The van der Waals surface area contributed by atoms with Gasteiger partial charge in [0.25, 0.3) is 0 Å². The van der Waals surface area contributed by atoms with Gasteiger partial charge in [0.1, 0.15) is 0 Å². The molecule has 4 heteroatoms. The molecule has 1 aliphatic heterocycles. The molecule has 0 saturated carbocycles. The number of benzene rings is 1. The van der Waals surface area contributed by atoms with Gasteiger partial charge in [-0.3, -0.25) is 4.99 Å². The first kappa shape index (κ1) is 10.8. The van der Waals surface area contributed by atoms with Crippen molar-refractivity contribution in [2.45, 2.75) is 25.8 Å². The summed E-state index contributed by atoms with van der Waals surface area (Å²) in [4.78, 5) is 4.05. The van der Waals surface area contributed by atoms with Crippen LogP contribution in [0.25, 0.3) is 0 Å². The average molecular weight is 218 g/mol. The molecule has 4 nitrogen and oxygen atoms in total. The van der Waals surface area contributed by atoms with E-state index < -0.39 is 0 Å². The Labute approximate surface area is 95.7 Å². The second kappa shape index (κ2) is 4.43. The summed E-state index contributed by atoms with van der Waals surface area (Å²) in [5.41, 5.74) is 14.5. The third-order valence-corrected chi connectivity index (χ3v) is 2.88. The number of rotatable bonds is 2. The first-order chi connectivity index (χ1) is 7.65. The molecule has 1 atom stereocenters.